The lowest BCUT2D eigenvalue weighted by molar-refractivity contribution is -0.218. The van der Waals surface area contributed by atoms with Gasteiger partial charge in [-0.25, -0.2) is 4.79 Å². The molecule has 5 rings (SSSR count). The Balaban J connectivity index is 1.37. The van der Waals surface area contributed by atoms with Gasteiger partial charge in [0.2, 0.25) is 0 Å². The second-order valence-corrected chi connectivity index (χ2v) is 7.69. The Labute approximate surface area is 141 Å². The van der Waals surface area contributed by atoms with Crippen molar-refractivity contribution in [1.82, 2.24) is 0 Å². The average Bonchev–Trinajstić information content (AvgIpc) is 2.98. The van der Waals surface area contributed by atoms with E-state index in [0.29, 0.717) is 18.8 Å². The summed E-state index contributed by atoms with van der Waals surface area (Å²) < 4.78 is 23.8. The first-order valence-electron chi connectivity index (χ1n) is 8.79. The molecular formula is C19H22O5. The maximum Gasteiger partial charge on any atom is 0.338 e. The zero-order valence-electron chi connectivity index (χ0n) is 13.8. The van der Waals surface area contributed by atoms with E-state index < -0.39 is 5.79 Å². The Morgan fingerprint density at radius 3 is 2.67 bits per heavy atom. The highest BCUT2D eigenvalue weighted by molar-refractivity contribution is 5.89. The first-order chi connectivity index (χ1) is 11.6. The van der Waals surface area contributed by atoms with Crippen LogP contribution in [0.1, 0.15) is 43.0 Å². The Bertz CT molecular complexity index is 668. The standard InChI is InChI=1S/C19H22O5/c1-17-7-8-18(21-9-10-22-18)12-19(17)15(24-19)11-14(17)23-16(20)13-5-3-2-4-6-13/h2-6,14-15H,7-12H2,1H3/t14-,15+,17+,19+/m0/s1. The molecule has 0 amide bonds. The van der Waals surface area contributed by atoms with Gasteiger partial charge in [-0.1, -0.05) is 25.1 Å². The summed E-state index contributed by atoms with van der Waals surface area (Å²) in [5.74, 6) is -0.723. The van der Waals surface area contributed by atoms with Gasteiger partial charge in [0.15, 0.2) is 5.79 Å². The molecule has 2 heterocycles. The molecule has 0 bridgehead atoms. The molecule has 0 aromatic heterocycles. The monoisotopic (exact) mass is 330 g/mol. The Hall–Kier alpha value is -1.43. The van der Waals surface area contributed by atoms with E-state index in [9.17, 15) is 4.79 Å². The van der Waals surface area contributed by atoms with Crippen LogP contribution in [-0.2, 0) is 18.9 Å². The lowest BCUT2D eigenvalue weighted by atomic mass is 9.65. The second kappa shape index (κ2) is 4.81. The molecule has 2 saturated carbocycles. The summed E-state index contributed by atoms with van der Waals surface area (Å²) in [6.07, 6.45) is 3.28. The highest BCUT2D eigenvalue weighted by Crippen LogP contribution is 2.69. The Morgan fingerprint density at radius 2 is 1.92 bits per heavy atom. The Morgan fingerprint density at radius 1 is 1.17 bits per heavy atom. The number of carbonyl (C=O) groups excluding carboxylic acids is 1. The lowest BCUT2D eigenvalue weighted by Gasteiger charge is -2.46. The van der Waals surface area contributed by atoms with Gasteiger partial charge in [0, 0.05) is 24.7 Å². The van der Waals surface area contributed by atoms with E-state index in [-0.39, 0.29) is 29.2 Å². The van der Waals surface area contributed by atoms with Crippen LogP contribution in [0.5, 0.6) is 0 Å². The normalized spacial score (nSPS) is 41.7. The third-order valence-electron chi connectivity index (χ3n) is 6.55. The van der Waals surface area contributed by atoms with Crippen molar-refractivity contribution in [2.45, 2.75) is 56.2 Å². The first kappa shape index (κ1) is 14.9. The van der Waals surface area contributed by atoms with Gasteiger partial charge in [-0.2, -0.15) is 0 Å². The number of ether oxygens (including phenoxy) is 4. The van der Waals surface area contributed by atoms with Crippen LogP contribution in [0.3, 0.4) is 0 Å². The number of esters is 1. The molecule has 0 N–H and O–H groups in total. The maximum absolute atomic E-state index is 12.5. The van der Waals surface area contributed by atoms with Crippen molar-refractivity contribution in [1.29, 1.82) is 0 Å². The third kappa shape index (κ3) is 1.89. The smallest absolute Gasteiger partial charge is 0.338 e. The molecule has 2 aliphatic heterocycles. The minimum atomic E-state index is -0.480. The summed E-state index contributed by atoms with van der Waals surface area (Å²) in [5.41, 5.74) is 0.186. The predicted octanol–water partition coefficient (Wildman–Crippen LogP) is 2.69. The van der Waals surface area contributed by atoms with Gasteiger partial charge >= 0.3 is 5.97 Å². The van der Waals surface area contributed by atoms with E-state index in [4.69, 9.17) is 18.9 Å². The van der Waals surface area contributed by atoms with E-state index >= 15 is 0 Å². The molecule has 2 aliphatic carbocycles. The molecule has 0 radical (unpaired) electrons. The molecule has 5 heteroatoms. The van der Waals surface area contributed by atoms with Crippen LogP contribution in [0, 0.1) is 5.41 Å². The van der Waals surface area contributed by atoms with Crippen LogP contribution < -0.4 is 0 Å². The molecule has 1 aromatic carbocycles. The van der Waals surface area contributed by atoms with E-state index in [1.807, 2.05) is 18.2 Å². The Kier molecular flexibility index (Phi) is 2.98. The minimum absolute atomic E-state index is 0.109. The van der Waals surface area contributed by atoms with Gasteiger partial charge in [-0.3, -0.25) is 0 Å². The van der Waals surface area contributed by atoms with E-state index in [0.717, 1.165) is 25.7 Å². The molecule has 2 spiro atoms. The maximum atomic E-state index is 12.5. The zero-order chi connectivity index (χ0) is 16.4. The van der Waals surface area contributed by atoms with Crippen molar-refractivity contribution >= 4 is 5.97 Å². The SMILES string of the molecule is C[C@]12CCC3(C[C@]14O[C@@H]4C[C@@H]2OC(=O)c1ccccc1)OCCO3. The summed E-state index contributed by atoms with van der Waals surface area (Å²) in [6, 6.07) is 9.20. The van der Waals surface area contributed by atoms with Crippen molar-refractivity contribution in [2.75, 3.05) is 13.2 Å². The number of epoxide rings is 1. The van der Waals surface area contributed by atoms with E-state index in [2.05, 4.69) is 6.92 Å². The fourth-order valence-corrected chi connectivity index (χ4v) is 5.05. The van der Waals surface area contributed by atoms with Crippen molar-refractivity contribution in [3.8, 4) is 0 Å². The van der Waals surface area contributed by atoms with Crippen LogP contribution in [0.15, 0.2) is 30.3 Å². The summed E-state index contributed by atoms with van der Waals surface area (Å²) >= 11 is 0. The van der Waals surface area contributed by atoms with E-state index in [1.165, 1.54) is 0 Å². The fourth-order valence-electron chi connectivity index (χ4n) is 5.05. The molecule has 5 nitrogen and oxygen atoms in total. The number of hydrogen-bond acceptors (Lipinski definition) is 5. The predicted molar refractivity (Wildman–Crippen MR) is 84.5 cm³/mol. The van der Waals surface area contributed by atoms with Crippen LogP contribution in [0.2, 0.25) is 0 Å². The molecule has 24 heavy (non-hydrogen) atoms. The van der Waals surface area contributed by atoms with Crippen molar-refractivity contribution in [3.05, 3.63) is 35.9 Å². The minimum Gasteiger partial charge on any atom is -0.458 e. The van der Waals surface area contributed by atoms with Gasteiger partial charge in [0.1, 0.15) is 11.7 Å². The van der Waals surface area contributed by atoms with Gasteiger partial charge in [-0.05, 0) is 18.6 Å². The van der Waals surface area contributed by atoms with E-state index in [1.54, 1.807) is 12.1 Å². The fraction of sp³-hybridized carbons (Fsp3) is 0.632. The van der Waals surface area contributed by atoms with Crippen molar-refractivity contribution in [3.63, 3.8) is 0 Å². The van der Waals surface area contributed by atoms with Crippen LogP contribution >= 0.6 is 0 Å². The van der Waals surface area contributed by atoms with Crippen LogP contribution in [0.25, 0.3) is 0 Å². The molecule has 4 atom stereocenters. The molecule has 1 aromatic rings. The number of hydrogen-bond donors (Lipinski definition) is 0. The average molecular weight is 330 g/mol. The lowest BCUT2D eigenvalue weighted by Crippen LogP contribution is -2.53. The van der Waals surface area contributed by atoms with Crippen LogP contribution in [-0.4, -0.2) is 42.8 Å². The molecule has 128 valence electrons. The highest BCUT2D eigenvalue weighted by atomic mass is 16.7. The second-order valence-electron chi connectivity index (χ2n) is 7.69. The number of rotatable bonds is 2. The van der Waals surface area contributed by atoms with Gasteiger partial charge in [0.05, 0.1) is 24.9 Å². The summed E-state index contributed by atoms with van der Waals surface area (Å²) in [4.78, 5) is 12.5. The van der Waals surface area contributed by atoms with Crippen LogP contribution in [0.4, 0.5) is 0 Å². The quantitative estimate of drug-likeness (QED) is 0.616. The number of benzene rings is 1. The summed E-state index contributed by atoms with van der Waals surface area (Å²) in [5, 5.41) is 0. The van der Waals surface area contributed by atoms with Gasteiger partial charge < -0.3 is 18.9 Å². The van der Waals surface area contributed by atoms with Gasteiger partial charge in [0.25, 0.3) is 0 Å². The number of carbonyl (C=O) groups is 1. The molecule has 2 saturated heterocycles. The zero-order valence-corrected chi connectivity index (χ0v) is 13.8. The third-order valence-corrected chi connectivity index (χ3v) is 6.55. The molecular weight excluding hydrogens is 308 g/mol. The topological polar surface area (TPSA) is 57.3 Å². The van der Waals surface area contributed by atoms with Crippen molar-refractivity contribution < 1.29 is 23.7 Å². The summed E-state index contributed by atoms with van der Waals surface area (Å²) in [6.45, 7) is 3.51. The molecule has 4 aliphatic rings. The summed E-state index contributed by atoms with van der Waals surface area (Å²) in [7, 11) is 0. The largest absolute Gasteiger partial charge is 0.458 e. The van der Waals surface area contributed by atoms with Crippen molar-refractivity contribution in [2.24, 2.45) is 5.41 Å². The first-order valence-corrected chi connectivity index (χ1v) is 8.79. The van der Waals surface area contributed by atoms with Gasteiger partial charge in [-0.15, -0.1) is 0 Å². The molecule has 4 fully saturated rings. The highest BCUT2D eigenvalue weighted by Gasteiger charge is 2.79. The molecule has 0 unspecified atom stereocenters.